The van der Waals surface area contributed by atoms with Crippen molar-refractivity contribution < 1.29 is 13.9 Å². The van der Waals surface area contributed by atoms with Crippen LogP contribution in [0.25, 0.3) is 0 Å². The highest BCUT2D eigenvalue weighted by Gasteiger charge is 2.21. The Hall–Kier alpha value is -1.75. The van der Waals surface area contributed by atoms with Crippen LogP contribution in [0.4, 0.5) is 8.78 Å². The molecule has 0 radical (unpaired) electrons. The summed E-state index contributed by atoms with van der Waals surface area (Å²) in [5.74, 6) is -1.93. The van der Waals surface area contributed by atoms with Crippen molar-refractivity contribution in [2.75, 3.05) is 0 Å². The molecular formula is C13H14F2N2O. The van der Waals surface area contributed by atoms with Crippen LogP contribution in [0.5, 0.6) is 0 Å². The Labute approximate surface area is 104 Å². The quantitative estimate of drug-likeness (QED) is 0.911. The van der Waals surface area contributed by atoms with Crippen molar-refractivity contribution in [3.05, 3.63) is 53.1 Å². The Bertz CT molecular complexity index is 566. The van der Waals surface area contributed by atoms with Crippen molar-refractivity contribution in [1.82, 2.24) is 9.55 Å². The van der Waals surface area contributed by atoms with Gasteiger partial charge in [0, 0.05) is 12.1 Å². The minimum absolute atomic E-state index is 0.0756. The number of halogens is 2. The third-order valence-electron chi connectivity index (χ3n) is 2.97. The molecule has 2 aromatic rings. The van der Waals surface area contributed by atoms with Crippen molar-refractivity contribution in [3.63, 3.8) is 0 Å². The van der Waals surface area contributed by atoms with Gasteiger partial charge >= 0.3 is 0 Å². The minimum Gasteiger partial charge on any atom is -0.382 e. The lowest BCUT2D eigenvalue weighted by atomic mass is 10.0. The molecule has 2 rings (SSSR count). The molecular weight excluding hydrogens is 238 g/mol. The second kappa shape index (κ2) is 4.86. The van der Waals surface area contributed by atoms with Gasteiger partial charge in [-0.05, 0) is 19.4 Å². The van der Waals surface area contributed by atoms with E-state index in [1.807, 2.05) is 6.92 Å². The standard InChI is InChI=1S/C13H14F2N2O/c1-3-17-7-16-6-10(17)13(18)9-5-4-8(2)11(14)12(9)15/h4-7,13,18H,3H2,1-2H3. The number of aliphatic hydroxyl groups is 1. The van der Waals surface area contributed by atoms with Gasteiger partial charge in [-0.1, -0.05) is 12.1 Å². The summed E-state index contributed by atoms with van der Waals surface area (Å²) in [6, 6.07) is 2.84. The molecule has 1 atom stereocenters. The molecule has 1 N–H and O–H groups in total. The van der Waals surface area contributed by atoms with Crippen LogP contribution in [0.3, 0.4) is 0 Å². The van der Waals surface area contributed by atoms with Crippen LogP contribution >= 0.6 is 0 Å². The molecule has 18 heavy (non-hydrogen) atoms. The number of benzene rings is 1. The van der Waals surface area contributed by atoms with Crippen LogP contribution in [0, 0.1) is 18.6 Å². The molecule has 0 saturated heterocycles. The van der Waals surface area contributed by atoms with E-state index in [0.29, 0.717) is 12.2 Å². The molecule has 96 valence electrons. The second-order valence-corrected chi connectivity index (χ2v) is 4.11. The summed E-state index contributed by atoms with van der Waals surface area (Å²) in [6.07, 6.45) is 1.77. The van der Waals surface area contributed by atoms with Crippen LogP contribution in [0.15, 0.2) is 24.7 Å². The Balaban J connectivity index is 2.46. The Morgan fingerprint density at radius 3 is 2.72 bits per heavy atom. The molecule has 3 nitrogen and oxygen atoms in total. The van der Waals surface area contributed by atoms with E-state index in [1.54, 1.807) is 10.9 Å². The second-order valence-electron chi connectivity index (χ2n) is 4.11. The number of aryl methyl sites for hydroxylation is 2. The first-order chi connectivity index (χ1) is 8.56. The number of imidazole rings is 1. The van der Waals surface area contributed by atoms with Gasteiger partial charge < -0.3 is 9.67 Å². The molecule has 0 aliphatic carbocycles. The molecule has 0 aliphatic heterocycles. The summed E-state index contributed by atoms with van der Waals surface area (Å²) in [5, 5.41) is 10.1. The van der Waals surface area contributed by atoms with Crippen LogP contribution in [0.2, 0.25) is 0 Å². The zero-order valence-corrected chi connectivity index (χ0v) is 10.2. The molecule has 1 heterocycles. The SMILES string of the molecule is CCn1cncc1C(O)c1ccc(C)c(F)c1F. The van der Waals surface area contributed by atoms with E-state index >= 15 is 0 Å². The van der Waals surface area contributed by atoms with Gasteiger partial charge in [0.05, 0.1) is 18.2 Å². The molecule has 0 bridgehead atoms. The summed E-state index contributed by atoms with van der Waals surface area (Å²) in [4.78, 5) is 3.90. The third-order valence-corrected chi connectivity index (χ3v) is 2.97. The average molecular weight is 252 g/mol. The summed E-state index contributed by atoms with van der Waals surface area (Å²) in [7, 11) is 0. The predicted octanol–water partition coefficient (Wildman–Crippen LogP) is 2.57. The lowest BCUT2D eigenvalue weighted by Gasteiger charge is -2.14. The van der Waals surface area contributed by atoms with Gasteiger partial charge in [-0.2, -0.15) is 0 Å². The molecule has 1 aromatic carbocycles. The van der Waals surface area contributed by atoms with E-state index in [4.69, 9.17) is 0 Å². The van der Waals surface area contributed by atoms with Crippen molar-refractivity contribution in [2.24, 2.45) is 0 Å². The van der Waals surface area contributed by atoms with Gasteiger partial charge in [-0.25, -0.2) is 13.8 Å². The highest BCUT2D eigenvalue weighted by molar-refractivity contribution is 5.31. The number of hydrogen-bond donors (Lipinski definition) is 1. The van der Waals surface area contributed by atoms with Crippen LogP contribution in [0.1, 0.15) is 29.8 Å². The maximum atomic E-state index is 13.8. The van der Waals surface area contributed by atoms with Crippen molar-refractivity contribution >= 4 is 0 Å². The van der Waals surface area contributed by atoms with Crippen molar-refractivity contribution in [3.8, 4) is 0 Å². The van der Waals surface area contributed by atoms with Gasteiger partial charge in [0.25, 0.3) is 0 Å². The number of hydrogen-bond acceptors (Lipinski definition) is 2. The number of aromatic nitrogens is 2. The normalized spacial score (nSPS) is 12.7. The molecule has 0 amide bonds. The van der Waals surface area contributed by atoms with E-state index in [9.17, 15) is 13.9 Å². The summed E-state index contributed by atoms with van der Waals surface area (Å²) in [6.45, 7) is 3.96. The topological polar surface area (TPSA) is 38.0 Å². The van der Waals surface area contributed by atoms with E-state index in [1.165, 1.54) is 25.3 Å². The monoisotopic (exact) mass is 252 g/mol. The number of aliphatic hydroxyl groups excluding tert-OH is 1. The lowest BCUT2D eigenvalue weighted by molar-refractivity contribution is 0.203. The first-order valence-corrected chi connectivity index (χ1v) is 5.68. The predicted molar refractivity (Wildman–Crippen MR) is 63.1 cm³/mol. The molecule has 0 fully saturated rings. The van der Waals surface area contributed by atoms with E-state index < -0.39 is 17.7 Å². The molecule has 0 spiro atoms. The number of nitrogens with zero attached hydrogens (tertiary/aromatic N) is 2. The smallest absolute Gasteiger partial charge is 0.165 e. The fourth-order valence-corrected chi connectivity index (χ4v) is 1.85. The molecule has 1 aromatic heterocycles. The Morgan fingerprint density at radius 2 is 2.06 bits per heavy atom. The minimum atomic E-state index is -1.22. The molecule has 5 heteroatoms. The third kappa shape index (κ3) is 2.01. The lowest BCUT2D eigenvalue weighted by Crippen LogP contribution is -2.10. The summed E-state index contributed by atoms with van der Waals surface area (Å²) in [5.41, 5.74) is 0.584. The Kier molecular flexibility index (Phi) is 3.43. The van der Waals surface area contributed by atoms with Crippen LogP contribution < -0.4 is 0 Å². The maximum absolute atomic E-state index is 13.8. The first-order valence-electron chi connectivity index (χ1n) is 5.68. The van der Waals surface area contributed by atoms with Crippen LogP contribution in [-0.4, -0.2) is 14.7 Å². The van der Waals surface area contributed by atoms with Gasteiger partial charge in [0.15, 0.2) is 11.6 Å². The number of rotatable bonds is 3. The molecule has 0 saturated carbocycles. The fraction of sp³-hybridized carbons (Fsp3) is 0.308. The van der Waals surface area contributed by atoms with Gasteiger partial charge in [-0.3, -0.25) is 0 Å². The maximum Gasteiger partial charge on any atom is 0.165 e. The van der Waals surface area contributed by atoms with E-state index in [-0.39, 0.29) is 11.1 Å². The Morgan fingerprint density at radius 1 is 1.33 bits per heavy atom. The highest BCUT2D eigenvalue weighted by atomic mass is 19.2. The van der Waals surface area contributed by atoms with Gasteiger partial charge in [0.1, 0.15) is 6.10 Å². The molecule has 1 unspecified atom stereocenters. The van der Waals surface area contributed by atoms with Crippen molar-refractivity contribution in [1.29, 1.82) is 0 Å². The van der Waals surface area contributed by atoms with E-state index in [2.05, 4.69) is 4.98 Å². The summed E-state index contributed by atoms with van der Waals surface area (Å²) >= 11 is 0. The first kappa shape index (κ1) is 12.7. The largest absolute Gasteiger partial charge is 0.382 e. The van der Waals surface area contributed by atoms with Gasteiger partial charge in [0.2, 0.25) is 0 Å². The van der Waals surface area contributed by atoms with E-state index in [0.717, 1.165) is 0 Å². The summed E-state index contributed by atoms with van der Waals surface area (Å²) < 4.78 is 28.9. The van der Waals surface area contributed by atoms with Gasteiger partial charge in [-0.15, -0.1) is 0 Å². The van der Waals surface area contributed by atoms with Crippen LogP contribution in [-0.2, 0) is 6.54 Å². The highest BCUT2D eigenvalue weighted by Crippen LogP contribution is 2.26. The fourth-order valence-electron chi connectivity index (χ4n) is 1.85. The molecule has 0 aliphatic rings. The average Bonchev–Trinajstić information content (AvgIpc) is 2.83. The zero-order chi connectivity index (χ0) is 13.3. The zero-order valence-electron chi connectivity index (χ0n) is 10.2. The van der Waals surface area contributed by atoms with Crippen molar-refractivity contribution in [2.45, 2.75) is 26.5 Å².